The van der Waals surface area contributed by atoms with Gasteiger partial charge in [-0.1, -0.05) is 6.07 Å². The van der Waals surface area contributed by atoms with E-state index in [0.29, 0.717) is 0 Å². The first kappa shape index (κ1) is 10.1. The number of hydrogen-bond donors (Lipinski definition) is 0. The fraction of sp³-hybridized carbons (Fsp3) is 0.500. The summed E-state index contributed by atoms with van der Waals surface area (Å²) in [5.41, 5.74) is 2.19. The molecular formula is C12H15N3S. The lowest BCUT2D eigenvalue weighted by atomic mass is 10.2. The molecule has 1 fully saturated rings. The van der Waals surface area contributed by atoms with Crippen molar-refractivity contribution < 1.29 is 0 Å². The highest BCUT2D eigenvalue weighted by atomic mass is 32.2. The maximum atomic E-state index is 4.32. The molecule has 3 nitrogen and oxygen atoms in total. The second-order valence-electron chi connectivity index (χ2n) is 4.32. The van der Waals surface area contributed by atoms with Gasteiger partial charge >= 0.3 is 0 Å². The molecule has 0 bridgehead atoms. The van der Waals surface area contributed by atoms with Crippen LogP contribution in [0.2, 0.25) is 0 Å². The number of aryl methyl sites for hydroxylation is 1. The zero-order valence-corrected chi connectivity index (χ0v) is 10.2. The van der Waals surface area contributed by atoms with Crippen molar-refractivity contribution in [2.75, 3.05) is 5.75 Å². The Morgan fingerprint density at radius 1 is 1.44 bits per heavy atom. The van der Waals surface area contributed by atoms with Crippen molar-refractivity contribution in [1.29, 1.82) is 0 Å². The molecule has 0 saturated carbocycles. The highest BCUT2D eigenvalue weighted by Crippen LogP contribution is 2.28. The van der Waals surface area contributed by atoms with Gasteiger partial charge in [0.05, 0.1) is 0 Å². The van der Waals surface area contributed by atoms with Gasteiger partial charge in [0, 0.05) is 17.4 Å². The number of rotatable bonds is 2. The summed E-state index contributed by atoms with van der Waals surface area (Å²) in [4.78, 5) is 0. The van der Waals surface area contributed by atoms with Gasteiger partial charge in [0.15, 0.2) is 5.65 Å². The van der Waals surface area contributed by atoms with E-state index >= 15 is 0 Å². The molecule has 1 saturated heterocycles. The lowest BCUT2D eigenvalue weighted by molar-refractivity contribution is 0.735. The Kier molecular flexibility index (Phi) is 2.59. The first-order chi connectivity index (χ1) is 7.84. The van der Waals surface area contributed by atoms with Crippen LogP contribution in [0.3, 0.4) is 0 Å². The van der Waals surface area contributed by atoms with Crippen LogP contribution in [0.4, 0.5) is 0 Å². The van der Waals surface area contributed by atoms with Crippen molar-refractivity contribution in [3.05, 3.63) is 29.7 Å². The molecule has 16 heavy (non-hydrogen) atoms. The number of hydrogen-bond acceptors (Lipinski definition) is 3. The van der Waals surface area contributed by atoms with E-state index in [1.54, 1.807) is 0 Å². The second kappa shape index (κ2) is 4.09. The minimum absolute atomic E-state index is 0.743. The van der Waals surface area contributed by atoms with Gasteiger partial charge in [0.25, 0.3) is 0 Å². The van der Waals surface area contributed by atoms with Gasteiger partial charge in [-0.3, -0.25) is 4.40 Å². The first-order valence-corrected chi connectivity index (χ1v) is 6.81. The lowest BCUT2D eigenvalue weighted by Crippen LogP contribution is -2.07. The lowest BCUT2D eigenvalue weighted by Gasteiger charge is -2.07. The van der Waals surface area contributed by atoms with E-state index in [4.69, 9.17) is 0 Å². The van der Waals surface area contributed by atoms with Crippen LogP contribution in [0.1, 0.15) is 24.4 Å². The molecule has 0 aromatic carbocycles. The Morgan fingerprint density at radius 2 is 2.38 bits per heavy atom. The zero-order chi connectivity index (χ0) is 11.0. The van der Waals surface area contributed by atoms with E-state index in [9.17, 15) is 0 Å². The van der Waals surface area contributed by atoms with Crippen molar-refractivity contribution >= 4 is 17.4 Å². The molecule has 0 spiro atoms. The van der Waals surface area contributed by atoms with Gasteiger partial charge in [-0.05, 0) is 37.7 Å². The average molecular weight is 233 g/mol. The fourth-order valence-electron chi connectivity index (χ4n) is 2.31. The Bertz CT molecular complexity index is 500. The monoisotopic (exact) mass is 233 g/mol. The van der Waals surface area contributed by atoms with Gasteiger partial charge in [-0.25, -0.2) is 0 Å². The molecule has 1 atom stereocenters. The van der Waals surface area contributed by atoms with Crippen molar-refractivity contribution in [3.8, 4) is 0 Å². The molecule has 0 radical (unpaired) electrons. The summed E-state index contributed by atoms with van der Waals surface area (Å²) in [6, 6.07) is 6.17. The number of thioether (sulfide) groups is 1. The van der Waals surface area contributed by atoms with Crippen LogP contribution in [-0.2, 0) is 6.42 Å². The van der Waals surface area contributed by atoms with E-state index in [2.05, 4.69) is 39.4 Å². The molecular weight excluding hydrogens is 218 g/mol. The van der Waals surface area contributed by atoms with Crippen LogP contribution in [0.15, 0.2) is 18.2 Å². The fourth-order valence-corrected chi connectivity index (χ4v) is 3.58. The van der Waals surface area contributed by atoms with Gasteiger partial charge in [-0.2, -0.15) is 11.8 Å². The molecule has 1 aliphatic rings. The van der Waals surface area contributed by atoms with E-state index < -0.39 is 0 Å². The highest BCUT2D eigenvalue weighted by molar-refractivity contribution is 8.00. The number of aromatic nitrogens is 3. The quantitative estimate of drug-likeness (QED) is 0.798. The Balaban J connectivity index is 1.97. The molecule has 84 valence electrons. The third-order valence-electron chi connectivity index (χ3n) is 3.12. The highest BCUT2D eigenvalue weighted by Gasteiger charge is 2.19. The predicted octanol–water partition coefficient (Wildman–Crippen LogP) is 2.48. The number of pyridine rings is 1. The smallest absolute Gasteiger partial charge is 0.160 e. The largest absolute Gasteiger partial charge is 0.284 e. The molecule has 1 unspecified atom stereocenters. The van der Waals surface area contributed by atoms with Gasteiger partial charge < -0.3 is 0 Å². The number of fused-ring (bicyclic) bond motifs is 1. The van der Waals surface area contributed by atoms with Crippen LogP contribution in [0.5, 0.6) is 0 Å². The van der Waals surface area contributed by atoms with Crippen molar-refractivity contribution in [3.63, 3.8) is 0 Å². The summed E-state index contributed by atoms with van der Waals surface area (Å²) in [6.45, 7) is 2.11. The van der Waals surface area contributed by atoms with E-state index in [1.807, 2.05) is 12.1 Å². The maximum absolute atomic E-state index is 4.32. The van der Waals surface area contributed by atoms with E-state index in [1.165, 1.54) is 24.3 Å². The molecule has 2 aromatic heterocycles. The molecule has 3 rings (SSSR count). The van der Waals surface area contributed by atoms with Gasteiger partial charge in [0.2, 0.25) is 0 Å². The maximum Gasteiger partial charge on any atom is 0.160 e. The van der Waals surface area contributed by atoms with Crippen LogP contribution in [-0.4, -0.2) is 25.6 Å². The first-order valence-electron chi connectivity index (χ1n) is 5.76. The summed E-state index contributed by atoms with van der Waals surface area (Å²) < 4.78 is 2.18. The Hall–Kier alpha value is -1.03. The van der Waals surface area contributed by atoms with Crippen LogP contribution < -0.4 is 0 Å². The molecule has 0 aliphatic carbocycles. The normalized spacial score (nSPS) is 20.7. The van der Waals surface area contributed by atoms with Gasteiger partial charge in [0.1, 0.15) is 5.82 Å². The zero-order valence-electron chi connectivity index (χ0n) is 9.39. The summed E-state index contributed by atoms with van der Waals surface area (Å²) in [5.74, 6) is 2.42. The van der Waals surface area contributed by atoms with Crippen molar-refractivity contribution in [1.82, 2.24) is 14.6 Å². The minimum Gasteiger partial charge on any atom is -0.284 e. The molecule has 3 heterocycles. The third kappa shape index (κ3) is 1.71. The van der Waals surface area contributed by atoms with Crippen molar-refractivity contribution in [2.24, 2.45) is 0 Å². The van der Waals surface area contributed by atoms with E-state index in [-0.39, 0.29) is 0 Å². The van der Waals surface area contributed by atoms with Crippen LogP contribution in [0, 0.1) is 6.92 Å². The Morgan fingerprint density at radius 3 is 3.19 bits per heavy atom. The standard InChI is InChI=1S/C12H15N3S/c1-9-4-2-6-11-13-14-12(15(9)11)8-10-5-3-7-16-10/h2,4,6,10H,3,5,7-8H2,1H3. The summed E-state index contributed by atoms with van der Waals surface area (Å²) in [5, 5.41) is 9.29. The molecule has 2 aromatic rings. The molecule has 4 heteroatoms. The topological polar surface area (TPSA) is 30.2 Å². The van der Waals surface area contributed by atoms with Crippen molar-refractivity contribution in [2.45, 2.75) is 31.4 Å². The second-order valence-corrected chi connectivity index (χ2v) is 5.72. The molecule has 0 N–H and O–H groups in total. The SMILES string of the molecule is Cc1cccc2nnc(CC3CCCS3)n12. The van der Waals surface area contributed by atoms with Crippen LogP contribution >= 0.6 is 11.8 Å². The molecule has 0 amide bonds. The Labute approximate surface area is 99.3 Å². The minimum atomic E-state index is 0.743. The summed E-state index contributed by atoms with van der Waals surface area (Å²) >= 11 is 2.07. The molecule has 1 aliphatic heterocycles. The number of nitrogens with zero attached hydrogens (tertiary/aromatic N) is 3. The van der Waals surface area contributed by atoms with E-state index in [0.717, 1.165) is 23.1 Å². The summed E-state index contributed by atoms with van der Waals surface area (Å²) in [6.07, 6.45) is 3.73. The van der Waals surface area contributed by atoms with Crippen LogP contribution in [0.25, 0.3) is 5.65 Å². The van der Waals surface area contributed by atoms with Gasteiger partial charge in [-0.15, -0.1) is 10.2 Å². The third-order valence-corrected chi connectivity index (χ3v) is 4.52. The average Bonchev–Trinajstić information content (AvgIpc) is 2.90. The predicted molar refractivity (Wildman–Crippen MR) is 66.9 cm³/mol. The summed E-state index contributed by atoms with van der Waals surface area (Å²) in [7, 11) is 0.